The fourth-order valence-corrected chi connectivity index (χ4v) is 2.32. The molecule has 1 unspecified atom stereocenters. The van der Waals surface area contributed by atoms with Crippen LogP contribution < -0.4 is 10.1 Å². The molecular weight excluding hydrogens is 315 g/mol. The summed E-state index contributed by atoms with van der Waals surface area (Å²) in [4.78, 5) is 13.7. The van der Waals surface area contributed by atoms with Gasteiger partial charge in [0.15, 0.2) is 18.2 Å². The van der Waals surface area contributed by atoms with Crippen molar-refractivity contribution >= 4 is 21.8 Å². The van der Waals surface area contributed by atoms with Crippen molar-refractivity contribution in [3.8, 4) is 5.75 Å². The van der Waals surface area contributed by atoms with Gasteiger partial charge < -0.3 is 15.0 Å². The average Bonchev–Trinajstić information content (AvgIpc) is 2.37. The van der Waals surface area contributed by atoms with Crippen molar-refractivity contribution in [1.29, 1.82) is 0 Å². The van der Waals surface area contributed by atoms with Crippen LogP contribution in [0.3, 0.4) is 0 Å². The minimum atomic E-state index is -0.476. The van der Waals surface area contributed by atoms with Gasteiger partial charge >= 0.3 is 0 Å². The molecule has 1 aromatic carbocycles. The van der Waals surface area contributed by atoms with Crippen LogP contribution in [0, 0.1) is 5.82 Å². The second kappa shape index (κ2) is 6.34. The number of nitrogens with one attached hydrogen (secondary N) is 1. The number of carbonyl (C=O) groups excluding carboxylic acids is 1. The summed E-state index contributed by atoms with van der Waals surface area (Å²) >= 11 is 3.17. The Balaban J connectivity index is 1.89. The summed E-state index contributed by atoms with van der Waals surface area (Å²) in [5, 5.41) is 3.26. The quantitative estimate of drug-likeness (QED) is 0.918. The van der Waals surface area contributed by atoms with Crippen molar-refractivity contribution in [2.75, 3.05) is 26.2 Å². The number of rotatable bonds is 3. The maximum atomic E-state index is 13.5. The van der Waals surface area contributed by atoms with Crippen LogP contribution in [0.15, 0.2) is 22.7 Å². The van der Waals surface area contributed by atoms with Crippen LogP contribution in [0.4, 0.5) is 4.39 Å². The summed E-state index contributed by atoms with van der Waals surface area (Å²) in [6, 6.07) is 4.78. The van der Waals surface area contributed by atoms with Gasteiger partial charge in [0, 0.05) is 30.1 Å². The van der Waals surface area contributed by atoms with Gasteiger partial charge in [0.2, 0.25) is 0 Å². The van der Waals surface area contributed by atoms with E-state index in [4.69, 9.17) is 4.74 Å². The molecule has 1 N–H and O–H groups in total. The molecular formula is C13H16BrFN2O2. The van der Waals surface area contributed by atoms with Crippen LogP contribution >= 0.6 is 15.9 Å². The first-order valence-corrected chi connectivity index (χ1v) is 6.94. The lowest BCUT2D eigenvalue weighted by atomic mass is 10.2. The number of piperazine rings is 1. The zero-order valence-corrected chi connectivity index (χ0v) is 12.2. The Bertz CT molecular complexity index is 470. The Morgan fingerprint density at radius 2 is 2.42 bits per heavy atom. The van der Waals surface area contributed by atoms with E-state index in [0.717, 1.165) is 6.54 Å². The third kappa shape index (κ3) is 3.91. The van der Waals surface area contributed by atoms with Crippen LogP contribution in [-0.2, 0) is 4.79 Å². The standard InChI is InChI=1S/C13H16BrFN2O2/c1-9-7-17(5-4-16-9)13(18)8-19-12-3-2-10(14)6-11(12)15/h2-3,6,9,16H,4-5,7-8H2,1H3. The van der Waals surface area contributed by atoms with E-state index in [-0.39, 0.29) is 24.3 Å². The highest BCUT2D eigenvalue weighted by atomic mass is 79.9. The van der Waals surface area contributed by atoms with Crippen molar-refractivity contribution in [3.63, 3.8) is 0 Å². The van der Waals surface area contributed by atoms with Gasteiger partial charge in [-0.15, -0.1) is 0 Å². The van der Waals surface area contributed by atoms with Gasteiger partial charge in [0.25, 0.3) is 5.91 Å². The SMILES string of the molecule is CC1CN(C(=O)COc2ccc(Br)cc2F)CCN1. The summed E-state index contributed by atoms with van der Waals surface area (Å²) in [5.41, 5.74) is 0. The van der Waals surface area contributed by atoms with Gasteiger partial charge in [-0.05, 0) is 25.1 Å². The average molecular weight is 331 g/mol. The number of halogens is 2. The van der Waals surface area contributed by atoms with E-state index in [1.165, 1.54) is 12.1 Å². The number of hydrogen-bond acceptors (Lipinski definition) is 3. The van der Waals surface area contributed by atoms with Crippen LogP contribution in [0.25, 0.3) is 0 Å². The fraction of sp³-hybridized carbons (Fsp3) is 0.462. The van der Waals surface area contributed by atoms with E-state index in [1.54, 1.807) is 11.0 Å². The van der Waals surface area contributed by atoms with Crippen LogP contribution in [0.5, 0.6) is 5.75 Å². The second-order valence-electron chi connectivity index (χ2n) is 4.56. The summed E-state index contributed by atoms with van der Waals surface area (Å²) < 4.78 is 19.4. The van der Waals surface area contributed by atoms with Gasteiger partial charge in [-0.1, -0.05) is 15.9 Å². The van der Waals surface area contributed by atoms with Crippen LogP contribution in [-0.4, -0.2) is 43.1 Å². The molecule has 0 radical (unpaired) electrons. The summed E-state index contributed by atoms with van der Waals surface area (Å²) in [5.74, 6) is -0.494. The predicted octanol–water partition coefficient (Wildman–Crippen LogP) is 1.79. The Morgan fingerprint density at radius 1 is 1.63 bits per heavy atom. The highest BCUT2D eigenvalue weighted by Crippen LogP contribution is 2.21. The van der Waals surface area contributed by atoms with E-state index in [1.807, 2.05) is 6.92 Å². The molecule has 0 aliphatic carbocycles. The van der Waals surface area contributed by atoms with E-state index < -0.39 is 5.82 Å². The number of carbonyl (C=O) groups is 1. The molecule has 1 amide bonds. The zero-order chi connectivity index (χ0) is 13.8. The van der Waals surface area contributed by atoms with Crippen LogP contribution in [0.2, 0.25) is 0 Å². The van der Waals surface area contributed by atoms with Gasteiger partial charge in [-0.2, -0.15) is 0 Å². The van der Waals surface area contributed by atoms with Crippen molar-refractivity contribution in [2.24, 2.45) is 0 Å². The second-order valence-corrected chi connectivity index (χ2v) is 5.47. The van der Waals surface area contributed by atoms with E-state index in [2.05, 4.69) is 21.2 Å². The molecule has 1 aliphatic rings. The van der Waals surface area contributed by atoms with E-state index >= 15 is 0 Å². The first-order chi connectivity index (χ1) is 9.06. The third-order valence-corrected chi connectivity index (χ3v) is 3.46. The fourth-order valence-electron chi connectivity index (χ4n) is 1.98. The molecule has 1 fully saturated rings. The smallest absolute Gasteiger partial charge is 0.260 e. The van der Waals surface area contributed by atoms with Crippen molar-refractivity contribution in [2.45, 2.75) is 13.0 Å². The number of ether oxygens (including phenoxy) is 1. The lowest BCUT2D eigenvalue weighted by Gasteiger charge is -2.31. The third-order valence-electron chi connectivity index (χ3n) is 2.97. The minimum absolute atomic E-state index is 0.0970. The molecule has 0 spiro atoms. The number of benzene rings is 1. The predicted molar refractivity (Wildman–Crippen MR) is 73.6 cm³/mol. The first-order valence-electron chi connectivity index (χ1n) is 6.15. The highest BCUT2D eigenvalue weighted by Gasteiger charge is 2.20. The molecule has 2 rings (SSSR count). The molecule has 1 saturated heterocycles. The van der Waals surface area contributed by atoms with E-state index in [9.17, 15) is 9.18 Å². The zero-order valence-electron chi connectivity index (χ0n) is 10.7. The topological polar surface area (TPSA) is 41.6 Å². The Hall–Kier alpha value is -1.14. The number of nitrogens with zero attached hydrogens (tertiary/aromatic N) is 1. The largest absolute Gasteiger partial charge is 0.481 e. The minimum Gasteiger partial charge on any atom is -0.481 e. The molecule has 1 aliphatic heterocycles. The molecule has 0 aromatic heterocycles. The summed E-state index contributed by atoms with van der Waals surface area (Å²) in [7, 11) is 0. The van der Waals surface area contributed by atoms with Gasteiger partial charge in [0.1, 0.15) is 0 Å². The van der Waals surface area contributed by atoms with Crippen molar-refractivity contribution in [3.05, 3.63) is 28.5 Å². The summed E-state index contributed by atoms with van der Waals surface area (Å²) in [6.07, 6.45) is 0. The summed E-state index contributed by atoms with van der Waals surface area (Å²) in [6.45, 7) is 3.99. The molecule has 1 atom stereocenters. The normalized spacial score (nSPS) is 19.3. The molecule has 104 valence electrons. The monoisotopic (exact) mass is 330 g/mol. The van der Waals surface area contributed by atoms with Crippen molar-refractivity contribution < 1.29 is 13.9 Å². The van der Waals surface area contributed by atoms with Crippen molar-refractivity contribution in [1.82, 2.24) is 10.2 Å². The maximum Gasteiger partial charge on any atom is 0.260 e. The lowest BCUT2D eigenvalue weighted by molar-refractivity contribution is -0.134. The first kappa shape index (κ1) is 14.3. The molecule has 4 nitrogen and oxygen atoms in total. The molecule has 0 saturated carbocycles. The molecule has 0 bridgehead atoms. The molecule has 6 heteroatoms. The van der Waals surface area contributed by atoms with Gasteiger partial charge in [0.05, 0.1) is 0 Å². The molecule has 1 aromatic rings. The Kier molecular flexibility index (Phi) is 4.76. The maximum absolute atomic E-state index is 13.5. The Morgan fingerprint density at radius 3 is 3.11 bits per heavy atom. The van der Waals surface area contributed by atoms with Gasteiger partial charge in [-0.3, -0.25) is 4.79 Å². The highest BCUT2D eigenvalue weighted by molar-refractivity contribution is 9.10. The molecule has 19 heavy (non-hydrogen) atoms. The Labute approximate surface area is 120 Å². The van der Waals surface area contributed by atoms with E-state index in [0.29, 0.717) is 17.6 Å². The van der Waals surface area contributed by atoms with Gasteiger partial charge in [-0.25, -0.2) is 4.39 Å². The molecule has 1 heterocycles. The number of hydrogen-bond donors (Lipinski definition) is 1. The number of amides is 1. The van der Waals surface area contributed by atoms with Crippen LogP contribution in [0.1, 0.15) is 6.92 Å². The lowest BCUT2D eigenvalue weighted by Crippen LogP contribution is -2.52.